The highest BCUT2D eigenvalue weighted by Gasteiger charge is 2.36. The first-order valence-corrected chi connectivity index (χ1v) is 11.1. The highest BCUT2D eigenvalue weighted by Crippen LogP contribution is 2.33. The number of amidine groups is 2. The molecule has 0 bridgehead atoms. The van der Waals surface area contributed by atoms with Gasteiger partial charge in [0.2, 0.25) is 5.17 Å². The SMILES string of the molecule is N=C1/C(=C\c2ccc(SCc3ccco3)o2)C(=O)N=C2SC(c3cccs3)=NN12. The lowest BCUT2D eigenvalue weighted by atomic mass is 10.1. The maximum absolute atomic E-state index is 12.5. The fourth-order valence-corrected chi connectivity index (χ4v) is 5.11. The number of carbonyl (C=O) groups excluding carboxylic acids is 1. The maximum Gasteiger partial charge on any atom is 0.283 e. The number of aliphatic imine (C=N–C) groups is 1. The van der Waals surface area contributed by atoms with Crippen LogP contribution in [0.15, 0.2) is 77.6 Å². The van der Waals surface area contributed by atoms with Crippen molar-refractivity contribution in [3.05, 3.63) is 70.0 Å². The molecule has 5 rings (SSSR count). The summed E-state index contributed by atoms with van der Waals surface area (Å²) in [4.78, 5) is 17.6. The van der Waals surface area contributed by atoms with Gasteiger partial charge in [-0.05, 0) is 53.5 Å². The number of carbonyl (C=O) groups is 1. The van der Waals surface area contributed by atoms with Gasteiger partial charge in [0.25, 0.3) is 5.91 Å². The van der Waals surface area contributed by atoms with Gasteiger partial charge in [-0.25, -0.2) is 0 Å². The van der Waals surface area contributed by atoms with Crippen molar-refractivity contribution in [1.29, 1.82) is 5.41 Å². The summed E-state index contributed by atoms with van der Waals surface area (Å²) < 4.78 is 11.1. The number of hydrogen-bond acceptors (Lipinski definition) is 8. The van der Waals surface area contributed by atoms with E-state index in [0.717, 1.165) is 15.7 Å². The van der Waals surface area contributed by atoms with Crippen molar-refractivity contribution < 1.29 is 13.6 Å². The van der Waals surface area contributed by atoms with Crippen LogP contribution in [-0.4, -0.2) is 27.0 Å². The topological polar surface area (TPSA) is 95.2 Å². The molecule has 3 aromatic rings. The van der Waals surface area contributed by atoms with Crippen molar-refractivity contribution in [3.63, 3.8) is 0 Å². The van der Waals surface area contributed by atoms with Crippen LogP contribution in [0.4, 0.5) is 0 Å². The van der Waals surface area contributed by atoms with Crippen LogP contribution in [0.5, 0.6) is 0 Å². The summed E-state index contributed by atoms with van der Waals surface area (Å²) in [5, 5.41) is 18.1. The van der Waals surface area contributed by atoms with Crippen molar-refractivity contribution in [2.75, 3.05) is 0 Å². The number of hydrogen-bond donors (Lipinski definition) is 1. The number of hydrazone groups is 1. The molecule has 0 spiro atoms. The second-order valence-corrected chi connectivity index (χ2v) is 8.81. The minimum absolute atomic E-state index is 0.0137. The number of rotatable bonds is 5. The van der Waals surface area contributed by atoms with Crippen LogP contribution in [0.1, 0.15) is 16.4 Å². The van der Waals surface area contributed by atoms with E-state index in [4.69, 9.17) is 14.2 Å². The van der Waals surface area contributed by atoms with Crippen LogP contribution < -0.4 is 0 Å². The van der Waals surface area contributed by atoms with Gasteiger partial charge < -0.3 is 8.83 Å². The molecular weight excluding hydrogens is 428 g/mol. The predicted molar refractivity (Wildman–Crippen MR) is 115 cm³/mol. The van der Waals surface area contributed by atoms with Gasteiger partial charge in [-0.3, -0.25) is 10.2 Å². The van der Waals surface area contributed by atoms with Crippen molar-refractivity contribution in [3.8, 4) is 0 Å². The third kappa shape index (κ3) is 3.61. The number of fused-ring (bicyclic) bond motifs is 1. The molecule has 0 unspecified atom stereocenters. The zero-order valence-electron chi connectivity index (χ0n) is 14.7. The molecule has 2 aliphatic rings. The lowest BCUT2D eigenvalue weighted by molar-refractivity contribution is -0.114. The summed E-state index contributed by atoms with van der Waals surface area (Å²) in [5.41, 5.74) is 0.141. The fourth-order valence-electron chi connectivity index (χ4n) is 2.66. The highest BCUT2D eigenvalue weighted by molar-refractivity contribution is 8.27. The van der Waals surface area contributed by atoms with E-state index in [1.54, 1.807) is 23.7 Å². The molecule has 0 atom stereocenters. The molecule has 0 saturated carbocycles. The van der Waals surface area contributed by atoms with Gasteiger partial charge in [0.05, 0.1) is 22.5 Å². The molecule has 0 fully saturated rings. The van der Waals surface area contributed by atoms with E-state index in [0.29, 0.717) is 21.8 Å². The summed E-state index contributed by atoms with van der Waals surface area (Å²) in [7, 11) is 0. The van der Waals surface area contributed by atoms with Gasteiger partial charge in [0.15, 0.2) is 10.9 Å². The summed E-state index contributed by atoms with van der Waals surface area (Å²) in [6.45, 7) is 0. The van der Waals surface area contributed by atoms with E-state index >= 15 is 0 Å². The van der Waals surface area contributed by atoms with Crippen LogP contribution in [0.3, 0.4) is 0 Å². The molecule has 0 saturated heterocycles. The second-order valence-electron chi connectivity index (χ2n) is 5.93. The molecule has 1 N–H and O–H groups in total. The van der Waals surface area contributed by atoms with E-state index in [1.165, 1.54) is 34.6 Å². The number of nitrogens with one attached hydrogen (secondary N) is 1. The minimum atomic E-state index is -0.474. The molecule has 1 amide bonds. The van der Waals surface area contributed by atoms with Crippen molar-refractivity contribution in [2.45, 2.75) is 10.8 Å². The summed E-state index contributed by atoms with van der Waals surface area (Å²) in [6, 6.07) is 11.2. The molecule has 2 aliphatic heterocycles. The third-order valence-corrected chi connectivity index (χ3v) is 6.89. The van der Waals surface area contributed by atoms with E-state index in [1.807, 2.05) is 35.7 Å². The Morgan fingerprint density at radius 2 is 2.17 bits per heavy atom. The molecule has 3 aromatic heterocycles. The van der Waals surface area contributed by atoms with Gasteiger partial charge in [-0.15, -0.1) is 11.3 Å². The Hall–Kier alpha value is -2.82. The lowest BCUT2D eigenvalue weighted by Crippen LogP contribution is -2.35. The van der Waals surface area contributed by atoms with Crippen molar-refractivity contribution >= 4 is 62.9 Å². The summed E-state index contributed by atoms with van der Waals surface area (Å²) in [6.07, 6.45) is 3.16. The average molecular weight is 441 g/mol. The zero-order chi connectivity index (χ0) is 19.8. The van der Waals surface area contributed by atoms with Gasteiger partial charge in [-0.1, -0.05) is 17.8 Å². The molecule has 29 heavy (non-hydrogen) atoms. The Morgan fingerprint density at radius 3 is 2.97 bits per heavy atom. The maximum atomic E-state index is 12.5. The van der Waals surface area contributed by atoms with Crippen molar-refractivity contribution in [2.24, 2.45) is 10.1 Å². The average Bonchev–Trinajstić information content (AvgIpc) is 3.50. The van der Waals surface area contributed by atoms with Crippen LogP contribution in [-0.2, 0) is 10.5 Å². The zero-order valence-corrected chi connectivity index (χ0v) is 17.1. The van der Waals surface area contributed by atoms with Crippen LogP contribution >= 0.6 is 34.9 Å². The smallest absolute Gasteiger partial charge is 0.283 e. The number of amides is 1. The molecule has 7 nitrogen and oxygen atoms in total. The Balaban J connectivity index is 1.36. The quantitative estimate of drug-likeness (QED) is 0.448. The molecule has 144 valence electrons. The first-order valence-electron chi connectivity index (χ1n) is 8.46. The van der Waals surface area contributed by atoms with Gasteiger partial charge in [0, 0.05) is 0 Å². The van der Waals surface area contributed by atoms with Crippen LogP contribution in [0.25, 0.3) is 6.08 Å². The monoisotopic (exact) mass is 440 g/mol. The van der Waals surface area contributed by atoms with Crippen LogP contribution in [0.2, 0.25) is 0 Å². The number of thioether (sulfide) groups is 2. The Morgan fingerprint density at radius 1 is 1.24 bits per heavy atom. The fraction of sp³-hybridized carbons (Fsp3) is 0.0526. The molecule has 10 heteroatoms. The first-order chi connectivity index (χ1) is 14.2. The van der Waals surface area contributed by atoms with E-state index in [2.05, 4.69) is 10.1 Å². The van der Waals surface area contributed by atoms with Gasteiger partial charge in [0.1, 0.15) is 16.6 Å². The summed E-state index contributed by atoms with van der Waals surface area (Å²) in [5.74, 6) is 1.48. The third-order valence-electron chi connectivity index (χ3n) is 4.01. The first kappa shape index (κ1) is 18.2. The number of nitrogens with zero attached hydrogens (tertiary/aromatic N) is 3. The lowest BCUT2D eigenvalue weighted by Gasteiger charge is -2.19. The minimum Gasteiger partial charge on any atom is -0.468 e. The normalized spacial score (nSPS) is 17.7. The number of furan rings is 2. The van der Waals surface area contributed by atoms with E-state index in [9.17, 15) is 4.79 Å². The van der Waals surface area contributed by atoms with E-state index < -0.39 is 5.91 Å². The molecule has 0 aliphatic carbocycles. The van der Waals surface area contributed by atoms with Crippen molar-refractivity contribution in [1.82, 2.24) is 5.01 Å². The second kappa shape index (κ2) is 7.54. The van der Waals surface area contributed by atoms with Gasteiger partial charge >= 0.3 is 0 Å². The number of thiophene rings is 1. The molecule has 0 radical (unpaired) electrons. The Bertz CT molecular complexity index is 1170. The van der Waals surface area contributed by atoms with Gasteiger partial charge in [-0.2, -0.15) is 15.1 Å². The summed E-state index contributed by atoms with van der Waals surface area (Å²) >= 11 is 4.33. The molecule has 5 heterocycles. The Labute approximate surface area is 177 Å². The predicted octanol–water partition coefficient (Wildman–Crippen LogP) is 4.89. The van der Waals surface area contributed by atoms with Crippen LogP contribution in [0, 0.1) is 5.41 Å². The van der Waals surface area contributed by atoms with E-state index in [-0.39, 0.29) is 11.4 Å². The molecular formula is C19H12N4O3S3. The molecule has 0 aromatic carbocycles. The largest absolute Gasteiger partial charge is 0.468 e. The Kier molecular flexibility index (Phi) is 4.74. The highest BCUT2D eigenvalue weighted by atomic mass is 32.2. The standard InChI is InChI=1S/C19H12N4O3S3/c20-16-13(9-11-5-6-15(26-11)28-10-12-3-1-7-25-12)17(24)21-19-23(16)22-18(29-19)14-4-2-8-27-14/h1-9,20H,10H2/b13-9+,20-16?.